The van der Waals surface area contributed by atoms with Crippen LogP contribution in [-0.4, -0.2) is 24.3 Å². The predicted molar refractivity (Wildman–Crippen MR) is 131 cm³/mol. The van der Waals surface area contributed by atoms with Crippen LogP contribution in [0.4, 0.5) is 0 Å². The van der Waals surface area contributed by atoms with Gasteiger partial charge in [0.05, 0.1) is 12.7 Å². The fourth-order valence-electron chi connectivity index (χ4n) is 11.2. The minimum atomic E-state index is -0.347. The number of hydrogen-bond donors (Lipinski definition) is 0. The van der Waals surface area contributed by atoms with Crippen molar-refractivity contribution in [3.63, 3.8) is 0 Å². The van der Waals surface area contributed by atoms with Gasteiger partial charge in [-0.05, 0) is 85.4 Å². The van der Waals surface area contributed by atoms with Gasteiger partial charge in [0.2, 0.25) is 0 Å². The van der Waals surface area contributed by atoms with Crippen molar-refractivity contribution in [1.29, 1.82) is 0 Å². The summed E-state index contributed by atoms with van der Waals surface area (Å²) in [5.41, 5.74) is 1.05. The zero-order chi connectivity index (χ0) is 23.7. The van der Waals surface area contributed by atoms with Gasteiger partial charge in [0.1, 0.15) is 5.78 Å². The quantitative estimate of drug-likeness (QED) is 0.419. The maximum Gasteiger partial charge on any atom is 0.170 e. The molecule has 9 unspecified atom stereocenters. The van der Waals surface area contributed by atoms with Gasteiger partial charge in [0.25, 0.3) is 0 Å². The van der Waals surface area contributed by atoms with Crippen LogP contribution in [0.5, 0.6) is 0 Å². The maximum atomic E-state index is 12.9. The van der Waals surface area contributed by atoms with E-state index < -0.39 is 0 Å². The van der Waals surface area contributed by atoms with Crippen LogP contribution < -0.4 is 0 Å². The fraction of sp³-hybridized carbons (Fsp3) is 0.967. The van der Waals surface area contributed by atoms with Gasteiger partial charge < -0.3 is 9.47 Å². The number of ketones is 1. The highest BCUT2D eigenvalue weighted by Gasteiger charge is 2.72. The molecular weight excluding hydrogens is 408 g/mol. The number of fused-ring (bicyclic) bond motifs is 7. The van der Waals surface area contributed by atoms with Gasteiger partial charge in [0, 0.05) is 29.6 Å². The first kappa shape index (κ1) is 23.0. The summed E-state index contributed by atoms with van der Waals surface area (Å²) in [5, 5.41) is 0. The second-order valence-electron chi connectivity index (χ2n) is 15.0. The van der Waals surface area contributed by atoms with Crippen molar-refractivity contribution in [3.8, 4) is 0 Å². The highest BCUT2D eigenvalue weighted by Crippen LogP contribution is 2.76. The van der Waals surface area contributed by atoms with E-state index in [2.05, 4.69) is 48.5 Å². The summed E-state index contributed by atoms with van der Waals surface area (Å²) in [7, 11) is 0. The summed E-state index contributed by atoms with van der Waals surface area (Å²) in [6.45, 7) is 17.9. The molecule has 0 aromatic carbocycles. The summed E-state index contributed by atoms with van der Waals surface area (Å²) < 4.78 is 13.6. The highest BCUT2D eigenvalue weighted by molar-refractivity contribution is 5.85. The normalized spacial score (nSPS) is 57.2. The van der Waals surface area contributed by atoms with Crippen LogP contribution in [-0.2, 0) is 14.3 Å². The molecule has 2 bridgehead atoms. The van der Waals surface area contributed by atoms with Crippen molar-refractivity contribution in [1.82, 2.24) is 0 Å². The lowest BCUT2D eigenvalue weighted by molar-refractivity contribution is -0.416. The zero-order valence-corrected chi connectivity index (χ0v) is 22.4. The lowest BCUT2D eigenvalue weighted by Crippen LogP contribution is -2.72. The van der Waals surface area contributed by atoms with Gasteiger partial charge in [-0.2, -0.15) is 0 Å². The SMILES string of the molecule is CC(C)C12CCC3(CCC4(C)C(CCC5C6(C)CCC(=O)C(C)(C)C6CCC54C)C3O1)CO2. The Kier molecular flexibility index (Phi) is 4.65. The van der Waals surface area contributed by atoms with Crippen LogP contribution in [0, 0.1) is 50.7 Å². The summed E-state index contributed by atoms with van der Waals surface area (Å²) in [5.74, 6) is 2.49. The first-order chi connectivity index (χ1) is 15.3. The third-order valence-electron chi connectivity index (χ3n) is 13.6. The fourth-order valence-corrected chi connectivity index (χ4v) is 11.2. The van der Waals surface area contributed by atoms with E-state index in [1.807, 2.05) is 0 Å². The standard InChI is InChI=1S/C30H48O3/c1-19(2)30-17-16-29(18-32-30)15-14-27(6)20(24(29)33-30)8-9-22-26(5)12-11-23(31)25(3,4)21(26)10-13-28(22,27)7/h19-22,24H,8-18H2,1-7H3. The molecule has 9 atom stereocenters. The molecule has 4 aliphatic carbocycles. The minimum absolute atomic E-state index is 0.157. The Hall–Kier alpha value is -0.410. The molecule has 3 heteroatoms. The largest absolute Gasteiger partial charge is 0.349 e. The predicted octanol–water partition coefficient (Wildman–Crippen LogP) is 7.17. The Morgan fingerprint density at radius 1 is 0.818 bits per heavy atom. The van der Waals surface area contributed by atoms with E-state index in [4.69, 9.17) is 9.47 Å². The topological polar surface area (TPSA) is 35.5 Å². The van der Waals surface area contributed by atoms with Gasteiger partial charge in [0.15, 0.2) is 5.79 Å². The molecule has 0 aromatic rings. The van der Waals surface area contributed by atoms with Crippen LogP contribution in [0.25, 0.3) is 0 Å². The Bertz CT molecular complexity index is 851. The van der Waals surface area contributed by atoms with Crippen molar-refractivity contribution in [2.24, 2.45) is 50.7 Å². The first-order valence-electron chi connectivity index (χ1n) is 14.2. The third kappa shape index (κ3) is 2.58. The number of carbonyl (C=O) groups is 1. The molecule has 0 N–H and O–H groups in total. The number of Topliss-reactive ketones (excluding diaryl/α,β-unsaturated/α-hetero) is 1. The Labute approximate surface area is 202 Å². The van der Waals surface area contributed by atoms with Crippen LogP contribution in [0.1, 0.15) is 113 Å². The van der Waals surface area contributed by atoms with E-state index in [1.54, 1.807) is 0 Å². The van der Waals surface area contributed by atoms with Crippen molar-refractivity contribution < 1.29 is 14.3 Å². The molecule has 1 spiro atoms. The summed E-state index contributed by atoms with van der Waals surface area (Å²) in [6.07, 6.45) is 12.4. The van der Waals surface area contributed by atoms with E-state index in [-0.39, 0.29) is 16.6 Å². The molecule has 3 saturated heterocycles. The maximum absolute atomic E-state index is 12.9. The average molecular weight is 457 g/mol. The lowest BCUT2D eigenvalue weighted by Gasteiger charge is -2.74. The molecule has 0 radical (unpaired) electrons. The second-order valence-corrected chi connectivity index (χ2v) is 15.0. The molecular formula is C30H48O3. The van der Waals surface area contributed by atoms with Gasteiger partial charge in [-0.15, -0.1) is 0 Å². The smallest absolute Gasteiger partial charge is 0.170 e. The van der Waals surface area contributed by atoms with E-state index in [9.17, 15) is 4.79 Å². The van der Waals surface area contributed by atoms with Crippen LogP contribution >= 0.6 is 0 Å². The van der Waals surface area contributed by atoms with Crippen LogP contribution in [0.3, 0.4) is 0 Å². The first-order valence-corrected chi connectivity index (χ1v) is 14.2. The minimum Gasteiger partial charge on any atom is -0.349 e. The number of hydrogen-bond acceptors (Lipinski definition) is 3. The van der Waals surface area contributed by atoms with Crippen LogP contribution in [0.2, 0.25) is 0 Å². The zero-order valence-electron chi connectivity index (χ0n) is 22.4. The summed E-state index contributed by atoms with van der Waals surface area (Å²) >= 11 is 0. The molecule has 3 nitrogen and oxygen atoms in total. The van der Waals surface area contributed by atoms with Crippen molar-refractivity contribution in [3.05, 3.63) is 0 Å². The molecule has 7 aliphatic rings. The van der Waals surface area contributed by atoms with Gasteiger partial charge >= 0.3 is 0 Å². The molecule has 3 heterocycles. The summed E-state index contributed by atoms with van der Waals surface area (Å²) in [6, 6.07) is 0. The summed E-state index contributed by atoms with van der Waals surface area (Å²) in [4.78, 5) is 12.9. The molecule has 3 aliphatic heterocycles. The Morgan fingerprint density at radius 3 is 2.21 bits per heavy atom. The lowest BCUT2D eigenvalue weighted by atomic mass is 9.33. The van der Waals surface area contributed by atoms with E-state index in [0.717, 1.165) is 31.8 Å². The van der Waals surface area contributed by atoms with Crippen molar-refractivity contribution >= 4 is 5.78 Å². The van der Waals surface area contributed by atoms with E-state index in [1.165, 1.54) is 44.9 Å². The van der Waals surface area contributed by atoms with Crippen molar-refractivity contribution in [2.75, 3.05) is 6.61 Å². The number of ether oxygens (including phenoxy) is 2. The van der Waals surface area contributed by atoms with Crippen LogP contribution in [0.15, 0.2) is 0 Å². The third-order valence-corrected chi connectivity index (χ3v) is 13.6. The molecule has 33 heavy (non-hydrogen) atoms. The van der Waals surface area contributed by atoms with E-state index in [0.29, 0.717) is 45.9 Å². The number of carbonyl (C=O) groups excluding carboxylic acids is 1. The Balaban J connectivity index is 1.37. The second kappa shape index (κ2) is 6.67. The van der Waals surface area contributed by atoms with Gasteiger partial charge in [-0.25, -0.2) is 0 Å². The average Bonchev–Trinajstić information content (AvgIpc) is 2.77. The van der Waals surface area contributed by atoms with Gasteiger partial charge in [-0.3, -0.25) is 4.79 Å². The molecule has 7 rings (SSSR count). The monoisotopic (exact) mass is 456 g/mol. The van der Waals surface area contributed by atoms with Gasteiger partial charge in [-0.1, -0.05) is 48.5 Å². The highest BCUT2D eigenvalue weighted by atomic mass is 16.7. The molecule has 7 fully saturated rings. The molecule has 0 aromatic heterocycles. The number of rotatable bonds is 1. The van der Waals surface area contributed by atoms with Crippen molar-refractivity contribution in [2.45, 2.75) is 125 Å². The Morgan fingerprint density at radius 2 is 1.55 bits per heavy atom. The molecule has 186 valence electrons. The molecule has 0 amide bonds. The van der Waals surface area contributed by atoms with E-state index >= 15 is 0 Å². The molecule has 4 saturated carbocycles.